The minimum absolute atomic E-state index is 0.320. The predicted molar refractivity (Wildman–Crippen MR) is 72.4 cm³/mol. The average molecular weight is 259 g/mol. The number of fused-ring (bicyclic) bond motifs is 1. The highest BCUT2D eigenvalue weighted by Crippen LogP contribution is 2.37. The van der Waals surface area contributed by atoms with E-state index in [9.17, 15) is 4.39 Å². The molecule has 3 unspecified atom stereocenters. The van der Waals surface area contributed by atoms with Crippen LogP contribution in [0, 0.1) is 29.0 Å². The van der Waals surface area contributed by atoms with Gasteiger partial charge in [0.25, 0.3) is 0 Å². The Kier molecular flexibility index (Phi) is 3.16. The molecule has 2 heterocycles. The summed E-state index contributed by atoms with van der Waals surface area (Å²) in [4.78, 5) is 2.29. The average Bonchev–Trinajstić information content (AvgIpc) is 2.97. The van der Waals surface area contributed by atoms with Crippen LogP contribution >= 0.6 is 0 Å². The molecule has 3 nitrogen and oxygen atoms in total. The molecule has 3 atom stereocenters. The molecule has 2 aliphatic heterocycles. The number of benzene rings is 1. The molecule has 4 heteroatoms. The van der Waals surface area contributed by atoms with Gasteiger partial charge in [0.15, 0.2) is 0 Å². The normalized spacial score (nSPS) is 29.3. The molecule has 0 spiro atoms. The van der Waals surface area contributed by atoms with Gasteiger partial charge in [0.05, 0.1) is 11.6 Å². The molecule has 2 aliphatic rings. The van der Waals surface area contributed by atoms with Gasteiger partial charge in [-0.2, -0.15) is 5.26 Å². The van der Waals surface area contributed by atoms with E-state index in [0.29, 0.717) is 23.4 Å². The number of rotatable bonds is 2. The number of anilines is 1. The van der Waals surface area contributed by atoms with Crippen LogP contribution in [0.1, 0.15) is 18.9 Å². The first-order valence-corrected chi connectivity index (χ1v) is 6.91. The minimum atomic E-state index is -0.320. The van der Waals surface area contributed by atoms with Crippen molar-refractivity contribution in [3.05, 3.63) is 29.6 Å². The summed E-state index contributed by atoms with van der Waals surface area (Å²) in [6.07, 6.45) is 1.06. The molecule has 19 heavy (non-hydrogen) atoms. The number of nitrogens with zero attached hydrogens (tertiary/aromatic N) is 2. The molecule has 1 N–H and O–H groups in total. The SMILES string of the molecule is CCC1C2CNCC2CN1c1cc(F)cc(C#N)c1. The first-order valence-electron chi connectivity index (χ1n) is 6.91. The highest BCUT2D eigenvalue weighted by molar-refractivity contribution is 5.54. The molecule has 1 aromatic rings. The standard InChI is InChI=1S/C15H18FN3/c1-2-15-14-8-18-7-11(14)9-19(15)13-4-10(6-17)3-12(16)5-13/h3-5,11,14-15,18H,2,7-9H2,1H3. The van der Waals surface area contributed by atoms with E-state index in [4.69, 9.17) is 5.26 Å². The fourth-order valence-corrected chi connectivity index (χ4v) is 3.65. The molecule has 0 bridgehead atoms. The first kappa shape index (κ1) is 12.4. The Hall–Kier alpha value is -1.60. The van der Waals surface area contributed by atoms with Crippen LogP contribution in [-0.4, -0.2) is 25.7 Å². The summed E-state index contributed by atoms with van der Waals surface area (Å²) in [5.41, 5.74) is 1.26. The lowest BCUT2D eigenvalue weighted by Gasteiger charge is -2.29. The lowest BCUT2D eigenvalue weighted by atomic mass is 9.93. The van der Waals surface area contributed by atoms with Crippen LogP contribution in [0.4, 0.5) is 10.1 Å². The number of nitrogens with one attached hydrogen (secondary N) is 1. The number of hydrogen-bond donors (Lipinski definition) is 1. The second-order valence-corrected chi connectivity index (χ2v) is 5.52. The van der Waals surface area contributed by atoms with E-state index in [1.54, 1.807) is 12.1 Å². The van der Waals surface area contributed by atoms with Crippen LogP contribution in [0.25, 0.3) is 0 Å². The lowest BCUT2D eigenvalue weighted by molar-refractivity contribution is 0.442. The number of hydrogen-bond acceptors (Lipinski definition) is 3. The van der Waals surface area contributed by atoms with Crippen LogP contribution < -0.4 is 10.2 Å². The van der Waals surface area contributed by atoms with Crippen molar-refractivity contribution in [3.63, 3.8) is 0 Å². The van der Waals surface area contributed by atoms with Crippen molar-refractivity contribution >= 4 is 5.69 Å². The van der Waals surface area contributed by atoms with Gasteiger partial charge >= 0.3 is 0 Å². The van der Waals surface area contributed by atoms with Gasteiger partial charge in [-0.25, -0.2) is 4.39 Å². The summed E-state index contributed by atoms with van der Waals surface area (Å²) in [6.45, 7) is 5.26. The van der Waals surface area contributed by atoms with Crippen LogP contribution in [0.5, 0.6) is 0 Å². The number of halogens is 1. The van der Waals surface area contributed by atoms with E-state index < -0.39 is 0 Å². The van der Waals surface area contributed by atoms with Gasteiger partial charge in [0.1, 0.15) is 5.82 Å². The molecule has 2 fully saturated rings. The van der Waals surface area contributed by atoms with Crippen LogP contribution in [0.3, 0.4) is 0 Å². The van der Waals surface area contributed by atoms with Crippen LogP contribution in [0.15, 0.2) is 18.2 Å². The Balaban J connectivity index is 1.94. The van der Waals surface area contributed by atoms with E-state index in [1.165, 1.54) is 6.07 Å². The molecule has 0 amide bonds. The Morgan fingerprint density at radius 3 is 3.00 bits per heavy atom. The summed E-state index contributed by atoms with van der Waals surface area (Å²) in [7, 11) is 0. The van der Waals surface area contributed by atoms with Crippen LogP contribution in [-0.2, 0) is 0 Å². The highest BCUT2D eigenvalue weighted by Gasteiger charge is 2.43. The Bertz CT molecular complexity index is 523. The molecule has 1 aromatic carbocycles. The maximum Gasteiger partial charge on any atom is 0.126 e. The van der Waals surface area contributed by atoms with Crippen molar-refractivity contribution < 1.29 is 4.39 Å². The third kappa shape index (κ3) is 2.08. The Labute approximate surface area is 113 Å². The molecule has 2 saturated heterocycles. The zero-order chi connectivity index (χ0) is 13.4. The molecule has 0 aliphatic carbocycles. The van der Waals surface area contributed by atoms with E-state index >= 15 is 0 Å². The molecule has 100 valence electrons. The zero-order valence-corrected chi connectivity index (χ0v) is 11.1. The van der Waals surface area contributed by atoms with Gasteiger partial charge in [-0.05, 0) is 36.5 Å². The zero-order valence-electron chi connectivity index (χ0n) is 11.1. The van der Waals surface area contributed by atoms with E-state index in [1.807, 2.05) is 6.07 Å². The molecule has 0 saturated carbocycles. The van der Waals surface area contributed by atoms with E-state index in [2.05, 4.69) is 17.1 Å². The van der Waals surface area contributed by atoms with Crippen LogP contribution in [0.2, 0.25) is 0 Å². The summed E-state index contributed by atoms with van der Waals surface area (Å²) < 4.78 is 13.6. The van der Waals surface area contributed by atoms with Gasteiger partial charge in [0.2, 0.25) is 0 Å². The summed E-state index contributed by atoms with van der Waals surface area (Å²) >= 11 is 0. The minimum Gasteiger partial charge on any atom is -0.368 e. The third-order valence-electron chi connectivity index (χ3n) is 4.48. The topological polar surface area (TPSA) is 39.1 Å². The molecule has 0 aromatic heterocycles. The second kappa shape index (κ2) is 4.82. The van der Waals surface area contributed by atoms with E-state index in [0.717, 1.165) is 31.7 Å². The Morgan fingerprint density at radius 2 is 2.26 bits per heavy atom. The maximum absolute atomic E-state index is 13.6. The lowest BCUT2D eigenvalue weighted by Crippen LogP contribution is -2.35. The molecule has 3 rings (SSSR count). The van der Waals surface area contributed by atoms with Crippen molar-refractivity contribution in [1.29, 1.82) is 5.26 Å². The maximum atomic E-state index is 13.6. The summed E-state index contributed by atoms with van der Waals surface area (Å²) in [5, 5.41) is 12.4. The number of nitriles is 1. The van der Waals surface area contributed by atoms with Crippen molar-refractivity contribution in [2.45, 2.75) is 19.4 Å². The van der Waals surface area contributed by atoms with Crippen molar-refractivity contribution in [3.8, 4) is 6.07 Å². The van der Waals surface area contributed by atoms with E-state index in [-0.39, 0.29) is 5.82 Å². The van der Waals surface area contributed by atoms with Gasteiger partial charge < -0.3 is 10.2 Å². The van der Waals surface area contributed by atoms with Crippen molar-refractivity contribution in [1.82, 2.24) is 5.32 Å². The first-order chi connectivity index (χ1) is 9.22. The monoisotopic (exact) mass is 259 g/mol. The molecular weight excluding hydrogens is 241 g/mol. The second-order valence-electron chi connectivity index (χ2n) is 5.52. The van der Waals surface area contributed by atoms with Gasteiger partial charge in [-0.1, -0.05) is 6.92 Å². The van der Waals surface area contributed by atoms with Crippen molar-refractivity contribution in [2.24, 2.45) is 11.8 Å². The third-order valence-corrected chi connectivity index (χ3v) is 4.48. The largest absolute Gasteiger partial charge is 0.368 e. The van der Waals surface area contributed by atoms with Gasteiger partial charge in [-0.15, -0.1) is 0 Å². The smallest absolute Gasteiger partial charge is 0.126 e. The quantitative estimate of drug-likeness (QED) is 0.884. The van der Waals surface area contributed by atoms with Gasteiger partial charge in [-0.3, -0.25) is 0 Å². The summed E-state index contributed by atoms with van der Waals surface area (Å²) in [6, 6.07) is 7.14. The fourth-order valence-electron chi connectivity index (χ4n) is 3.65. The van der Waals surface area contributed by atoms with Crippen molar-refractivity contribution in [2.75, 3.05) is 24.5 Å². The highest BCUT2D eigenvalue weighted by atomic mass is 19.1. The summed E-state index contributed by atoms with van der Waals surface area (Å²) in [5.74, 6) is 0.983. The molecule has 0 radical (unpaired) electrons. The van der Waals surface area contributed by atoms with Gasteiger partial charge in [0, 0.05) is 31.4 Å². The molecular formula is C15H18FN3. The Morgan fingerprint density at radius 1 is 1.42 bits per heavy atom. The fraction of sp³-hybridized carbons (Fsp3) is 0.533. The predicted octanol–water partition coefficient (Wildman–Crippen LogP) is 2.13.